The lowest BCUT2D eigenvalue weighted by Crippen LogP contribution is -2.22. The van der Waals surface area contributed by atoms with E-state index in [0.29, 0.717) is 12.8 Å². The monoisotopic (exact) mass is 263 g/mol. The molecule has 1 heterocycles. The van der Waals surface area contributed by atoms with E-state index < -0.39 is 0 Å². The van der Waals surface area contributed by atoms with Gasteiger partial charge >= 0.3 is 0 Å². The molecule has 0 spiro atoms. The molecule has 1 unspecified atom stereocenters. The van der Waals surface area contributed by atoms with Crippen molar-refractivity contribution < 1.29 is 9.59 Å². The van der Waals surface area contributed by atoms with Crippen LogP contribution in [0.3, 0.4) is 0 Å². The number of rotatable bonds is 5. The molecule has 3 nitrogen and oxygen atoms in total. The van der Waals surface area contributed by atoms with Crippen LogP contribution in [0.4, 0.5) is 0 Å². The van der Waals surface area contributed by atoms with Crippen LogP contribution in [0.15, 0.2) is 30.3 Å². The second-order valence-corrected chi connectivity index (χ2v) is 5.52. The second-order valence-electron chi connectivity index (χ2n) is 4.38. The molecule has 96 valence electrons. The SMILES string of the molecule is CCCC(SN1C(=O)CCC1=O)c1ccccc1. The van der Waals surface area contributed by atoms with Gasteiger partial charge in [0.05, 0.1) is 5.25 Å². The quantitative estimate of drug-likeness (QED) is 0.604. The molecule has 0 saturated carbocycles. The van der Waals surface area contributed by atoms with Gasteiger partial charge in [-0.25, -0.2) is 4.31 Å². The second kappa shape index (κ2) is 6.05. The largest absolute Gasteiger partial charge is 0.273 e. The number of carbonyl (C=O) groups is 2. The van der Waals surface area contributed by atoms with Crippen molar-refractivity contribution >= 4 is 23.8 Å². The summed E-state index contributed by atoms with van der Waals surface area (Å²) in [6.45, 7) is 2.12. The molecule has 1 aliphatic heterocycles. The van der Waals surface area contributed by atoms with Gasteiger partial charge in [-0.05, 0) is 23.9 Å². The number of hydrogen-bond acceptors (Lipinski definition) is 3. The Bertz CT molecular complexity index is 417. The Hall–Kier alpha value is -1.29. The maximum Gasteiger partial charge on any atom is 0.239 e. The molecule has 1 fully saturated rings. The first-order valence-electron chi connectivity index (χ1n) is 6.30. The molecule has 1 aliphatic rings. The molecule has 0 radical (unpaired) electrons. The minimum Gasteiger partial charge on any atom is -0.273 e. The molecule has 1 atom stereocenters. The highest BCUT2D eigenvalue weighted by atomic mass is 32.2. The molecule has 1 aromatic carbocycles. The van der Waals surface area contributed by atoms with Crippen LogP contribution in [-0.2, 0) is 9.59 Å². The maximum atomic E-state index is 11.6. The fraction of sp³-hybridized carbons (Fsp3) is 0.429. The van der Waals surface area contributed by atoms with E-state index in [9.17, 15) is 9.59 Å². The normalized spacial score (nSPS) is 17.3. The van der Waals surface area contributed by atoms with Gasteiger partial charge < -0.3 is 0 Å². The van der Waals surface area contributed by atoms with Gasteiger partial charge in [0.2, 0.25) is 11.8 Å². The molecule has 18 heavy (non-hydrogen) atoms. The van der Waals surface area contributed by atoms with Crippen LogP contribution in [0.5, 0.6) is 0 Å². The summed E-state index contributed by atoms with van der Waals surface area (Å²) in [7, 11) is 0. The van der Waals surface area contributed by atoms with Crippen LogP contribution < -0.4 is 0 Å². The topological polar surface area (TPSA) is 37.4 Å². The molecular weight excluding hydrogens is 246 g/mol. The van der Waals surface area contributed by atoms with Crippen LogP contribution in [0.1, 0.15) is 43.4 Å². The van der Waals surface area contributed by atoms with E-state index in [4.69, 9.17) is 0 Å². The lowest BCUT2D eigenvalue weighted by atomic mass is 10.1. The zero-order valence-corrected chi connectivity index (χ0v) is 11.3. The molecule has 2 rings (SSSR count). The van der Waals surface area contributed by atoms with Gasteiger partial charge in [0, 0.05) is 12.8 Å². The summed E-state index contributed by atoms with van der Waals surface area (Å²) in [6.07, 6.45) is 2.72. The van der Waals surface area contributed by atoms with Crippen LogP contribution in [0, 0.1) is 0 Å². The maximum absolute atomic E-state index is 11.6. The predicted octanol–water partition coefficient (Wildman–Crippen LogP) is 3.33. The summed E-state index contributed by atoms with van der Waals surface area (Å²) in [5.74, 6) is -0.107. The first-order valence-corrected chi connectivity index (χ1v) is 7.13. The van der Waals surface area contributed by atoms with Crippen LogP contribution in [-0.4, -0.2) is 16.1 Å². The Morgan fingerprint density at radius 3 is 2.33 bits per heavy atom. The van der Waals surface area contributed by atoms with Crippen molar-refractivity contribution in [3.63, 3.8) is 0 Å². The minimum atomic E-state index is -0.0537. The average Bonchev–Trinajstić information content (AvgIpc) is 2.71. The summed E-state index contributed by atoms with van der Waals surface area (Å²) in [5.41, 5.74) is 1.18. The van der Waals surface area contributed by atoms with Crippen molar-refractivity contribution in [2.75, 3.05) is 0 Å². The average molecular weight is 263 g/mol. The van der Waals surface area contributed by atoms with Gasteiger partial charge in [-0.15, -0.1) is 0 Å². The third-order valence-electron chi connectivity index (χ3n) is 2.96. The lowest BCUT2D eigenvalue weighted by molar-refractivity contribution is -0.131. The van der Waals surface area contributed by atoms with E-state index >= 15 is 0 Å². The Kier molecular flexibility index (Phi) is 4.42. The van der Waals surface area contributed by atoms with E-state index in [2.05, 4.69) is 19.1 Å². The van der Waals surface area contributed by atoms with E-state index in [0.717, 1.165) is 12.8 Å². The molecule has 0 bridgehead atoms. The highest BCUT2D eigenvalue weighted by Gasteiger charge is 2.32. The molecule has 0 aromatic heterocycles. The summed E-state index contributed by atoms with van der Waals surface area (Å²) in [4.78, 5) is 23.3. The van der Waals surface area contributed by atoms with E-state index in [-0.39, 0.29) is 17.1 Å². The number of imide groups is 1. The Balaban J connectivity index is 2.11. The lowest BCUT2D eigenvalue weighted by Gasteiger charge is -2.21. The van der Waals surface area contributed by atoms with Crippen LogP contribution in [0.25, 0.3) is 0 Å². The van der Waals surface area contributed by atoms with Crippen molar-refractivity contribution in [2.45, 2.75) is 37.9 Å². The Labute approximate surface area is 112 Å². The van der Waals surface area contributed by atoms with Gasteiger partial charge in [-0.3, -0.25) is 9.59 Å². The fourth-order valence-electron chi connectivity index (χ4n) is 2.01. The third-order valence-corrected chi connectivity index (χ3v) is 4.34. The van der Waals surface area contributed by atoms with Crippen molar-refractivity contribution in [2.24, 2.45) is 0 Å². The summed E-state index contributed by atoms with van der Waals surface area (Å²) in [6, 6.07) is 10.1. The van der Waals surface area contributed by atoms with Gasteiger partial charge in [0.15, 0.2) is 0 Å². The molecule has 1 aromatic rings. The molecule has 1 saturated heterocycles. The standard InChI is InChI=1S/C14H17NO2S/c1-2-6-12(11-7-4-3-5-8-11)18-15-13(16)9-10-14(15)17/h3-5,7-8,12H,2,6,9-10H2,1H3. The highest BCUT2D eigenvalue weighted by Crippen LogP contribution is 2.38. The van der Waals surface area contributed by atoms with Crippen LogP contribution in [0.2, 0.25) is 0 Å². The van der Waals surface area contributed by atoms with Gasteiger partial charge in [-0.1, -0.05) is 43.7 Å². The first kappa shape index (κ1) is 13.1. The third kappa shape index (κ3) is 2.93. The van der Waals surface area contributed by atoms with Crippen molar-refractivity contribution in [1.82, 2.24) is 4.31 Å². The van der Waals surface area contributed by atoms with Crippen molar-refractivity contribution in [3.05, 3.63) is 35.9 Å². The smallest absolute Gasteiger partial charge is 0.239 e. The van der Waals surface area contributed by atoms with Gasteiger partial charge in [0.1, 0.15) is 0 Å². The zero-order valence-electron chi connectivity index (χ0n) is 10.5. The minimum absolute atomic E-state index is 0.0537. The van der Waals surface area contributed by atoms with Gasteiger partial charge in [0.25, 0.3) is 0 Å². The van der Waals surface area contributed by atoms with Crippen molar-refractivity contribution in [3.8, 4) is 0 Å². The predicted molar refractivity (Wildman–Crippen MR) is 72.8 cm³/mol. The van der Waals surface area contributed by atoms with Gasteiger partial charge in [-0.2, -0.15) is 0 Å². The van der Waals surface area contributed by atoms with E-state index in [1.54, 1.807) is 0 Å². The number of hydrogen-bond donors (Lipinski definition) is 0. The fourth-order valence-corrected chi connectivity index (χ4v) is 3.30. The number of carbonyl (C=O) groups excluding carboxylic acids is 2. The number of amides is 2. The first-order chi connectivity index (χ1) is 8.72. The molecule has 4 heteroatoms. The zero-order chi connectivity index (χ0) is 13.0. The van der Waals surface area contributed by atoms with Crippen LogP contribution >= 0.6 is 11.9 Å². The number of nitrogens with zero attached hydrogens (tertiary/aromatic N) is 1. The highest BCUT2D eigenvalue weighted by molar-refractivity contribution is 7.98. The Morgan fingerprint density at radius 2 is 1.78 bits per heavy atom. The summed E-state index contributed by atoms with van der Waals surface area (Å²) < 4.78 is 1.35. The number of benzene rings is 1. The van der Waals surface area contributed by atoms with E-state index in [1.807, 2.05) is 18.2 Å². The summed E-state index contributed by atoms with van der Waals surface area (Å²) >= 11 is 1.38. The molecular formula is C14H17NO2S. The molecule has 0 aliphatic carbocycles. The molecule has 0 N–H and O–H groups in total. The molecule has 2 amide bonds. The van der Waals surface area contributed by atoms with E-state index in [1.165, 1.54) is 21.8 Å². The Morgan fingerprint density at radius 1 is 1.17 bits per heavy atom. The van der Waals surface area contributed by atoms with Crippen molar-refractivity contribution in [1.29, 1.82) is 0 Å². The summed E-state index contributed by atoms with van der Waals surface area (Å²) in [5, 5.41) is 0.183.